The van der Waals surface area contributed by atoms with E-state index in [4.69, 9.17) is 5.73 Å². The summed E-state index contributed by atoms with van der Waals surface area (Å²) in [6.45, 7) is 4.32. The van der Waals surface area contributed by atoms with Crippen molar-refractivity contribution < 1.29 is 5.11 Å². The van der Waals surface area contributed by atoms with Gasteiger partial charge in [-0.25, -0.2) is 0 Å². The van der Waals surface area contributed by atoms with Crippen LogP contribution in [0.15, 0.2) is 29.2 Å². The average molecular weight is 290 g/mol. The number of hydrogen-bond donors (Lipinski definition) is 2. The average Bonchev–Trinajstić information content (AvgIpc) is 2.35. The Morgan fingerprint density at radius 1 is 1.17 bits per heavy atom. The van der Waals surface area contributed by atoms with Crippen LogP contribution in [0.4, 0.5) is 0 Å². The molecule has 0 saturated carbocycles. The van der Waals surface area contributed by atoms with Crippen LogP contribution in [-0.2, 0) is 0 Å². The van der Waals surface area contributed by atoms with E-state index in [1.54, 1.807) is 11.8 Å². The summed E-state index contributed by atoms with van der Waals surface area (Å²) < 4.78 is 0. The first-order chi connectivity index (χ1) is 8.04. The molecule has 1 aromatic carbocycles. The molecule has 2 atom stereocenters. The van der Waals surface area contributed by atoms with Crippen LogP contribution in [0.1, 0.15) is 38.3 Å². The standard InChI is InChI=1S/C14H23NOS.ClH/c1-10(2)4-9-13(16)14(15)11-5-7-12(17-3)8-6-11;/h5-8,10,13-14,16H,4,9,15H2,1-3H3;1H/t13-,14+;/m1./s1. The van der Waals surface area contributed by atoms with Crippen molar-refractivity contribution in [3.05, 3.63) is 29.8 Å². The molecule has 0 unspecified atom stereocenters. The van der Waals surface area contributed by atoms with Crippen LogP contribution in [0.25, 0.3) is 0 Å². The van der Waals surface area contributed by atoms with Crippen molar-refractivity contribution in [2.24, 2.45) is 11.7 Å². The minimum Gasteiger partial charge on any atom is -0.391 e. The summed E-state index contributed by atoms with van der Waals surface area (Å²) in [6, 6.07) is 7.85. The molecular formula is C14H24ClNOS. The van der Waals surface area contributed by atoms with E-state index in [0.717, 1.165) is 18.4 Å². The largest absolute Gasteiger partial charge is 0.391 e. The van der Waals surface area contributed by atoms with Gasteiger partial charge in [-0.2, -0.15) is 0 Å². The number of hydrogen-bond acceptors (Lipinski definition) is 3. The lowest BCUT2D eigenvalue weighted by molar-refractivity contribution is 0.128. The summed E-state index contributed by atoms with van der Waals surface area (Å²) >= 11 is 1.71. The first kappa shape index (κ1) is 17.8. The number of nitrogens with two attached hydrogens (primary N) is 1. The second-order valence-electron chi connectivity index (χ2n) is 4.84. The SMILES string of the molecule is CSc1ccc([C@H](N)[C@H](O)CCC(C)C)cc1.Cl. The van der Waals surface area contributed by atoms with Gasteiger partial charge in [0.25, 0.3) is 0 Å². The van der Waals surface area contributed by atoms with Gasteiger partial charge in [0.2, 0.25) is 0 Å². The molecule has 2 nitrogen and oxygen atoms in total. The van der Waals surface area contributed by atoms with Crippen molar-refractivity contribution >= 4 is 24.2 Å². The second kappa shape index (κ2) is 8.81. The maximum atomic E-state index is 10.0. The number of benzene rings is 1. The Morgan fingerprint density at radius 2 is 1.72 bits per heavy atom. The molecule has 0 spiro atoms. The molecule has 0 aromatic heterocycles. The Hall–Kier alpha value is -0.220. The van der Waals surface area contributed by atoms with Crippen molar-refractivity contribution in [2.75, 3.05) is 6.26 Å². The fraction of sp³-hybridized carbons (Fsp3) is 0.571. The molecule has 0 aliphatic heterocycles. The summed E-state index contributed by atoms with van der Waals surface area (Å²) in [7, 11) is 0. The minimum atomic E-state index is -0.447. The molecule has 1 aromatic rings. The molecule has 3 N–H and O–H groups in total. The minimum absolute atomic E-state index is 0. The third kappa shape index (κ3) is 5.61. The van der Waals surface area contributed by atoms with Gasteiger partial charge in [-0.15, -0.1) is 24.2 Å². The van der Waals surface area contributed by atoms with E-state index in [2.05, 4.69) is 26.0 Å². The van der Waals surface area contributed by atoms with Crippen LogP contribution in [0.5, 0.6) is 0 Å². The van der Waals surface area contributed by atoms with Crippen LogP contribution in [0, 0.1) is 5.92 Å². The van der Waals surface area contributed by atoms with Gasteiger partial charge < -0.3 is 10.8 Å². The molecule has 104 valence electrons. The number of rotatable bonds is 6. The van der Waals surface area contributed by atoms with Crippen molar-refractivity contribution in [2.45, 2.75) is 43.7 Å². The molecule has 0 aliphatic carbocycles. The molecule has 0 amide bonds. The van der Waals surface area contributed by atoms with E-state index in [0.29, 0.717) is 5.92 Å². The third-order valence-electron chi connectivity index (χ3n) is 2.96. The first-order valence-corrected chi connectivity index (χ1v) is 7.34. The lowest BCUT2D eigenvalue weighted by Crippen LogP contribution is -2.26. The highest BCUT2D eigenvalue weighted by Gasteiger charge is 2.16. The molecule has 0 heterocycles. The van der Waals surface area contributed by atoms with Gasteiger partial charge in [0.05, 0.1) is 12.1 Å². The molecule has 0 aliphatic rings. The summed E-state index contributed by atoms with van der Waals surface area (Å²) in [5.41, 5.74) is 7.07. The number of halogens is 1. The monoisotopic (exact) mass is 289 g/mol. The molecule has 0 fully saturated rings. The second-order valence-corrected chi connectivity index (χ2v) is 5.72. The van der Waals surface area contributed by atoms with E-state index in [1.165, 1.54) is 4.90 Å². The highest BCUT2D eigenvalue weighted by Crippen LogP contribution is 2.22. The lowest BCUT2D eigenvalue weighted by Gasteiger charge is -2.20. The number of aliphatic hydroxyl groups is 1. The smallest absolute Gasteiger partial charge is 0.0732 e. The lowest BCUT2D eigenvalue weighted by atomic mass is 9.96. The quantitative estimate of drug-likeness (QED) is 0.786. The molecule has 0 radical (unpaired) electrons. The van der Waals surface area contributed by atoms with Gasteiger partial charge in [0.15, 0.2) is 0 Å². The van der Waals surface area contributed by atoms with Gasteiger partial charge in [-0.3, -0.25) is 0 Å². The Bertz CT molecular complexity index is 329. The van der Waals surface area contributed by atoms with E-state index in [1.807, 2.05) is 18.4 Å². The van der Waals surface area contributed by atoms with Crippen LogP contribution >= 0.6 is 24.2 Å². The molecule has 4 heteroatoms. The summed E-state index contributed by atoms with van der Waals surface area (Å²) in [6.07, 6.45) is 3.38. The van der Waals surface area contributed by atoms with Crippen LogP contribution in [0.3, 0.4) is 0 Å². The topological polar surface area (TPSA) is 46.2 Å². The van der Waals surface area contributed by atoms with Crippen molar-refractivity contribution in [1.82, 2.24) is 0 Å². The van der Waals surface area contributed by atoms with Crippen molar-refractivity contribution in [3.8, 4) is 0 Å². The van der Waals surface area contributed by atoms with E-state index in [9.17, 15) is 5.11 Å². The van der Waals surface area contributed by atoms with Gasteiger partial charge in [-0.05, 0) is 42.7 Å². The molecule has 18 heavy (non-hydrogen) atoms. The van der Waals surface area contributed by atoms with Crippen LogP contribution in [0.2, 0.25) is 0 Å². The molecule has 0 saturated heterocycles. The van der Waals surface area contributed by atoms with Crippen LogP contribution in [-0.4, -0.2) is 17.5 Å². The molecule has 0 bridgehead atoms. The first-order valence-electron chi connectivity index (χ1n) is 6.12. The fourth-order valence-electron chi connectivity index (χ4n) is 1.73. The summed E-state index contributed by atoms with van der Waals surface area (Å²) in [5, 5.41) is 10.0. The fourth-order valence-corrected chi connectivity index (χ4v) is 2.14. The molecule has 1 rings (SSSR count). The van der Waals surface area contributed by atoms with Gasteiger partial charge in [0.1, 0.15) is 0 Å². The maximum absolute atomic E-state index is 10.0. The predicted molar refractivity (Wildman–Crippen MR) is 82.5 cm³/mol. The number of thioether (sulfide) groups is 1. The van der Waals surface area contributed by atoms with E-state index < -0.39 is 6.10 Å². The highest BCUT2D eigenvalue weighted by molar-refractivity contribution is 7.98. The Kier molecular flexibility index (Phi) is 8.70. The normalized spacial score (nSPS) is 14.1. The zero-order valence-electron chi connectivity index (χ0n) is 11.3. The highest BCUT2D eigenvalue weighted by atomic mass is 35.5. The zero-order chi connectivity index (χ0) is 12.8. The van der Waals surface area contributed by atoms with E-state index in [-0.39, 0.29) is 18.4 Å². The van der Waals surface area contributed by atoms with Gasteiger partial charge >= 0.3 is 0 Å². The van der Waals surface area contributed by atoms with Gasteiger partial charge in [0, 0.05) is 4.90 Å². The Labute approximate surface area is 121 Å². The molecular weight excluding hydrogens is 266 g/mol. The van der Waals surface area contributed by atoms with Crippen molar-refractivity contribution in [1.29, 1.82) is 0 Å². The van der Waals surface area contributed by atoms with Crippen molar-refractivity contribution in [3.63, 3.8) is 0 Å². The number of aliphatic hydroxyl groups excluding tert-OH is 1. The van der Waals surface area contributed by atoms with Crippen LogP contribution < -0.4 is 5.73 Å². The maximum Gasteiger partial charge on any atom is 0.0732 e. The summed E-state index contributed by atoms with van der Waals surface area (Å²) in [5.74, 6) is 0.607. The zero-order valence-corrected chi connectivity index (χ0v) is 12.9. The third-order valence-corrected chi connectivity index (χ3v) is 3.70. The van der Waals surface area contributed by atoms with Gasteiger partial charge in [-0.1, -0.05) is 26.0 Å². The Morgan fingerprint density at radius 3 is 2.17 bits per heavy atom. The Balaban J connectivity index is 0.00000289. The van der Waals surface area contributed by atoms with E-state index >= 15 is 0 Å². The summed E-state index contributed by atoms with van der Waals surface area (Å²) in [4.78, 5) is 1.22. The predicted octanol–water partition coefficient (Wildman–Crippen LogP) is 3.63.